The third-order valence-corrected chi connectivity index (χ3v) is 6.56. The third-order valence-electron chi connectivity index (χ3n) is 5.18. The minimum Gasteiger partial charge on any atom is -0.494 e. The molecule has 7 heteroatoms. The summed E-state index contributed by atoms with van der Waals surface area (Å²) in [5, 5.41) is 8.76. The first-order chi connectivity index (χ1) is 15.9. The molecule has 3 aromatic carbocycles. The Morgan fingerprint density at radius 2 is 1.61 bits per heavy atom. The average Bonchev–Trinajstić information content (AvgIpc) is 2.80. The van der Waals surface area contributed by atoms with Gasteiger partial charge in [-0.2, -0.15) is 0 Å². The van der Waals surface area contributed by atoms with Crippen molar-refractivity contribution in [3.8, 4) is 5.75 Å². The lowest BCUT2D eigenvalue weighted by Crippen LogP contribution is -2.14. The van der Waals surface area contributed by atoms with Crippen LogP contribution in [0.15, 0.2) is 83.8 Å². The zero-order valence-corrected chi connectivity index (χ0v) is 19.3. The molecule has 174 valence electrons. The van der Waals surface area contributed by atoms with Gasteiger partial charge in [0.2, 0.25) is 0 Å². The maximum Gasteiger partial charge on any atom is 0.303 e. The summed E-state index contributed by atoms with van der Waals surface area (Å²) in [7, 11) is -3.63. The van der Waals surface area contributed by atoms with Gasteiger partial charge in [0.1, 0.15) is 5.75 Å². The predicted octanol–water partition coefficient (Wildman–Crippen LogP) is 5.30. The van der Waals surface area contributed by atoms with E-state index in [-0.39, 0.29) is 11.3 Å². The molecule has 0 aliphatic heterocycles. The summed E-state index contributed by atoms with van der Waals surface area (Å²) in [6.45, 7) is 0.552. The molecule has 0 atom stereocenters. The number of nitrogens with one attached hydrogen (secondary N) is 1. The molecule has 3 rings (SSSR count). The van der Waals surface area contributed by atoms with Gasteiger partial charge < -0.3 is 9.84 Å². The van der Waals surface area contributed by atoms with Crippen LogP contribution in [-0.4, -0.2) is 26.1 Å². The number of benzene rings is 3. The van der Waals surface area contributed by atoms with Crippen LogP contribution in [0.1, 0.15) is 36.8 Å². The molecule has 0 amide bonds. The Balaban J connectivity index is 1.48. The first-order valence-corrected chi connectivity index (χ1v) is 12.5. The average molecular weight is 468 g/mol. The molecular weight excluding hydrogens is 438 g/mol. The smallest absolute Gasteiger partial charge is 0.303 e. The van der Waals surface area contributed by atoms with Gasteiger partial charge in [0.15, 0.2) is 0 Å². The van der Waals surface area contributed by atoms with Crippen molar-refractivity contribution in [2.45, 2.75) is 43.4 Å². The maximum absolute atomic E-state index is 12.7. The predicted molar refractivity (Wildman–Crippen MR) is 129 cm³/mol. The first-order valence-electron chi connectivity index (χ1n) is 11.0. The number of unbranched alkanes of at least 4 members (excludes halogenated alkanes) is 1. The highest BCUT2D eigenvalue weighted by Crippen LogP contribution is 2.22. The van der Waals surface area contributed by atoms with Crippen LogP contribution in [0, 0.1) is 0 Å². The highest BCUT2D eigenvalue weighted by Gasteiger charge is 2.15. The van der Waals surface area contributed by atoms with Crippen LogP contribution >= 0.6 is 0 Å². The van der Waals surface area contributed by atoms with Crippen molar-refractivity contribution < 1.29 is 23.1 Å². The fourth-order valence-corrected chi connectivity index (χ4v) is 4.61. The number of ether oxygens (including phenoxy) is 1. The van der Waals surface area contributed by atoms with Crippen molar-refractivity contribution in [1.82, 2.24) is 0 Å². The summed E-state index contributed by atoms with van der Waals surface area (Å²) in [6.07, 6.45) is 3.87. The molecule has 0 aliphatic rings. The number of carboxylic acids is 1. The first kappa shape index (κ1) is 24.3. The Morgan fingerprint density at radius 3 is 2.39 bits per heavy atom. The Bertz CT molecular complexity index is 1150. The van der Waals surface area contributed by atoms with Gasteiger partial charge in [-0.25, -0.2) is 8.42 Å². The van der Waals surface area contributed by atoms with Gasteiger partial charge >= 0.3 is 5.97 Å². The molecule has 0 radical (unpaired) electrons. The number of rotatable bonds is 13. The number of aryl methyl sites for hydroxylation is 2. The van der Waals surface area contributed by atoms with Crippen molar-refractivity contribution >= 4 is 21.7 Å². The summed E-state index contributed by atoms with van der Waals surface area (Å²) in [5.74, 6) is -0.00399. The minimum absolute atomic E-state index is 0.161. The van der Waals surface area contributed by atoms with E-state index in [1.54, 1.807) is 36.4 Å². The number of carboxylic acid groups (broad SMARTS) is 1. The van der Waals surface area contributed by atoms with Crippen molar-refractivity contribution in [3.05, 3.63) is 90.0 Å². The van der Waals surface area contributed by atoms with Crippen molar-refractivity contribution in [1.29, 1.82) is 0 Å². The van der Waals surface area contributed by atoms with Crippen molar-refractivity contribution in [2.24, 2.45) is 0 Å². The van der Waals surface area contributed by atoms with Gasteiger partial charge in [0.25, 0.3) is 10.0 Å². The van der Waals surface area contributed by atoms with Crippen LogP contribution < -0.4 is 9.46 Å². The van der Waals surface area contributed by atoms with Gasteiger partial charge in [0.05, 0.1) is 17.2 Å². The lowest BCUT2D eigenvalue weighted by atomic mass is 10.1. The zero-order chi connectivity index (χ0) is 23.5. The summed E-state index contributed by atoms with van der Waals surface area (Å²) in [5.41, 5.74) is 2.60. The van der Waals surface area contributed by atoms with Gasteiger partial charge in [0, 0.05) is 6.42 Å². The molecule has 0 saturated heterocycles. The molecule has 0 saturated carbocycles. The van der Waals surface area contributed by atoms with Crippen LogP contribution in [0.3, 0.4) is 0 Å². The number of sulfonamides is 1. The summed E-state index contributed by atoms with van der Waals surface area (Å²) >= 11 is 0. The molecule has 2 N–H and O–H groups in total. The second-order valence-electron chi connectivity index (χ2n) is 7.78. The SMILES string of the molecule is O=C(O)CCCc1cccc(OCCCCc2ccccc2NS(=O)(=O)c2ccccc2)c1. The molecule has 0 heterocycles. The Labute approximate surface area is 195 Å². The van der Waals surface area contributed by atoms with E-state index in [2.05, 4.69) is 4.72 Å². The number of carbonyl (C=O) groups is 1. The third kappa shape index (κ3) is 7.95. The molecule has 33 heavy (non-hydrogen) atoms. The molecule has 0 bridgehead atoms. The molecule has 3 aromatic rings. The van der Waals surface area contributed by atoms with E-state index in [0.29, 0.717) is 25.1 Å². The van der Waals surface area contributed by atoms with Crippen LogP contribution in [-0.2, 0) is 27.7 Å². The van der Waals surface area contributed by atoms with E-state index >= 15 is 0 Å². The fourth-order valence-electron chi connectivity index (χ4n) is 3.48. The van der Waals surface area contributed by atoms with Crippen LogP contribution in [0.5, 0.6) is 5.75 Å². The lowest BCUT2D eigenvalue weighted by molar-refractivity contribution is -0.137. The Hall–Kier alpha value is -3.32. The lowest BCUT2D eigenvalue weighted by Gasteiger charge is -2.13. The van der Waals surface area contributed by atoms with Gasteiger partial charge in [-0.3, -0.25) is 9.52 Å². The summed E-state index contributed by atoms with van der Waals surface area (Å²) in [4.78, 5) is 10.9. The second-order valence-corrected chi connectivity index (χ2v) is 9.46. The maximum atomic E-state index is 12.7. The molecular formula is C26H29NO5S. The highest BCUT2D eigenvalue weighted by atomic mass is 32.2. The van der Waals surface area contributed by atoms with Crippen LogP contribution in [0.2, 0.25) is 0 Å². The van der Waals surface area contributed by atoms with Crippen LogP contribution in [0.25, 0.3) is 0 Å². The standard InChI is InChI=1S/C26H29NO5S/c28-26(29)18-9-11-21-10-8-14-23(20-21)32-19-7-6-13-22-12-4-5-17-25(22)27-33(30,31)24-15-2-1-3-16-24/h1-5,8,10,12,14-17,20,27H,6-7,9,11,13,18-19H2,(H,28,29). The van der Waals surface area contributed by atoms with E-state index in [1.807, 2.05) is 42.5 Å². The van der Waals surface area contributed by atoms with E-state index in [0.717, 1.165) is 36.1 Å². The van der Waals surface area contributed by atoms with Gasteiger partial charge in [-0.15, -0.1) is 0 Å². The highest BCUT2D eigenvalue weighted by molar-refractivity contribution is 7.92. The minimum atomic E-state index is -3.63. The van der Waals surface area contributed by atoms with Gasteiger partial charge in [-0.1, -0.05) is 48.5 Å². The monoisotopic (exact) mass is 467 g/mol. The number of anilines is 1. The second kappa shape index (κ2) is 12.1. The largest absolute Gasteiger partial charge is 0.494 e. The van der Waals surface area contributed by atoms with E-state index in [9.17, 15) is 13.2 Å². The van der Waals surface area contributed by atoms with Crippen LogP contribution in [0.4, 0.5) is 5.69 Å². The molecule has 6 nitrogen and oxygen atoms in total. The van der Waals surface area contributed by atoms with E-state index in [1.165, 1.54) is 0 Å². The fraction of sp³-hybridized carbons (Fsp3) is 0.269. The number of hydrogen-bond acceptors (Lipinski definition) is 4. The van der Waals surface area contributed by atoms with Crippen molar-refractivity contribution in [2.75, 3.05) is 11.3 Å². The quantitative estimate of drug-likeness (QED) is 0.333. The molecule has 0 unspecified atom stereocenters. The molecule has 0 fully saturated rings. The normalized spacial score (nSPS) is 11.2. The zero-order valence-electron chi connectivity index (χ0n) is 18.4. The van der Waals surface area contributed by atoms with Gasteiger partial charge in [-0.05, 0) is 73.6 Å². The Morgan fingerprint density at radius 1 is 0.848 bits per heavy atom. The molecule has 0 aliphatic carbocycles. The topological polar surface area (TPSA) is 92.7 Å². The molecule has 0 spiro atoms. The molecule has 0 aromatic heterocycles. The van der Waals surface area contributed by atoms with Crippen molar-refractivity contribution in [3.63, 3.8) is 0 Å². The summed E-state index contributed by atoms with van der Waals surface area (Å²) in [6, 6.07) is 23.5. The summed E-state index contributed by atoms with van der Waals surface area (Å²) < 4.78 is 33.9. The number of para-hydroxylation sites is 1. The van der Waals surface area contributed by atoms with E-state index in [4.69, 9.17) is 9.84 Å². The van der Waals surface area contributed by atoms with E-state index < -0.39 is 16.0 Å². The Kier molecular flexibility index (Phi) is 8.89. The number of aliphatic carboxylic acids is 1. The number of hydrogen-bond donors (Lipinski definition) is 2.